The summed E-state index contributed by atoms with van der Waals surface area (Å²) in [6, 6.07) is 3.27. The van der Waals surface area contributed by atoms with Gasteiger partial charge in [0.1, 0.15) is 0 Å². The Morgan fingerprint density at radius 2 is 2.22 bits per heavy atom. The van der Waals surface area contributed by atoms with E-state index in [1.54, 1.807) is 19.1 Å². The molecule has 2 rings (SSSR count). The van der Waals surface area contributed by atoms with Crippen molar-refractivity contribution >= 4 is 5.97 Å². The van der Waals surface area contributed by atoms with E-state index in [4.69, 9.17) is 9.15 Å². The van der Waals surface area contributed by atoms with Crippen molar-refractivity contribution in [1.29, 1.82) is 0 Å². The summed E-state index contributed by atoms with van der Waals surface area (Å²) in [5.41, 5.74) is 3.04. The molecule has 0 unspecified atom stereocenters. The molecule has 0 saturated carbocycles. The minimum atomic E-state index is -0.458. The standard InChI is InChI=1S/C20H24O3/c1-5-22-19(21)18-13-12-16(23-18)10-6-7-11-17-15(2)9-8-14-20(17,3)4/h7,11-13H,5,8-9,14H2,1-4H3. The van der Waals surface area contributed by atoms with E-state index >= 15 is 0 Å². The van der Waals surface area contributed by atoms with Crippen LogP contribution in [0.25, 0.3) is 0 Å². The second kappa shape index (κ2) is 7.37. The van der Waals surface area contributed by atoms with E-state index in [0.717, 1.165) is 6.42 Å². The molecular formula is C20H24O3. The van der Waals surface area contributed by atoms with Crippen molar-refractivity contribution in [3.8, 4) is 11.8 Å². The maximum Gasteiger partial charge on any atom is 0.374 e. The molecular weight excluding hydrogens is 288 g/mol. The highest BCUT2D eigenvalue weighted by Crippen LogP contribution is 2.40. The third-order valence-electron chi connectivity index (χ3n) is 4.15. The molecule has 0 spiro atoms. The highest BCUT2D eigenvalue weighted by Gasteiger charge is 2.26. The molecule has 0 aliphatic heterocycles. The summed E-state index contributed by atoms with van der Waals surface area (Å²) in [6.45, 7) is 8.84. The molecule has 1 heterocycles. The van der Waals surface area contributed by atoms with E-state index in [-0.39, 0.29) is 11.2 Å². The van der Waals surface area contributed by atoms with Crippen LogP contribution in [0.1, 0.15) is 63.3 Å². The Labute approximate surface area is 138 Å². The minimum absolute atomic E-state index is 0.187. The quantitative estimate of drug-likeness (QED) is 0.589. The second-order valence-electron chi connectivity index (χ2n) is 6.42. The minimum Gasteiger partial charge on any atom is -0.460 e. The van der Waals surface area contributed by atoms with Crippen LogP contribution >= 0.6 is 0 Å². The lowest BCUT2D eigenvalue weighted by Gasteiger charge is -2.32. The molecule has 0 N–H and O–H groups in total. The summed E-state index contributed by atoms with van der Waals surface area (Å²) in [5.74, 6) is 6.08. The van der Waals surface area contributed by atoms with E-state index in [2.05, 4.69) is 38.7 Å². The molecule has 1 aliphatic carbocycles. The molecule has 0 amide bonds. The molecule has 0 saturated heterocycles. The Hall–Kier alpha value is -2.21. The number of esters is 1. The zero-order valence-corrected chi connectivity index (χ0v) is 14.4. The lowest BCUT2D eigenvalue weighted by atomic mass is 9.73. The summed E-state index contributed by atoms with van der Waals surface area (Å²) in [5, 5.41) is 0. The molecule has 1 aromatic heterocycles. The fourth-order valence-corrected chi connectivity index (χ4v) is 2.97. The highest BCUT2D eigenvalue weighted by atomic mass is 16.5. The molecule has 0 atom stereocenters. The Kier molecular flexibility index (Phi) is 5.50. The molecule has 0 fully saturated rings. The van der Waals surface area contributed by atoms with Crippen LogP contribution < -0.4 is 0 Å². The third-order valence-corrected chi connectivity index (χ3v) is 4.15. The fraction of sp³-hybridized carbons (Fsp3) is 0.450. The van der Waals surface area contributed by atoms with Crippen LogP contribution in [-0.4, -0.2) is 12.6 Å². The zero-order valence-electron chi connectivity index (χ0n) is 14.4. The van der Waals surface area contributed by atoms with Crippen LogP contribution in [0, 0.1) is 17.3 Å². The second-order valence-corrected chi connectivity index (χ2v) is 6.42. The van der Waals surface area contributed by atoms with E-state index in [1.165, 1.54) is 24.0 Å². The number of allylic oxidation sites excluding steroid dienone is 4. The van der Waals surface area contributed by atoms with E-state index in [9.17, 15) is 4.79 Å². The molecule has 3 nitrogen and oxygen atoms in total. The van der Waals surface area contributed by atoms with Crippen LogP contribution in [0.15, 0.2) is 39.8 Å². The predicted molar refractivity (Wildman–Crippen MR) is 91.0 cm³/mol. The van der Waals surface area contributed by atoms with Crippen LogP contribution in [0.2, 0.25) is 0 Å². The summed E-state index contributed by atoms with van der Waals surface area (Å²) >= 11 is 0. The summed E-state index contributed by atoms with van der Waals surface area (Å²) in [4.78, 5) is 11.5. The summed E-state index contributed by atoms with van der Waals surface area (Å²) in [7, 11) is 0. The van der Waals surface area contributed by atoms with Crippen molar-refractivity contribution in [2.45, 2.75) is 47.0 Å². The predicted octanol–water partition coefficient (Wildman–Crippen LogP) is 4.89. The first-order chi connectivity index (χ1) is 10.9. The smallest absolute Gasteiger partial charge is 0.374 e. The largest absolute Gasteiger partial charge is 0.460 e. The van der Waals surface area contributed by atoms with Gasteiger partial charge >= 0.3 is 5.97 Å². The van der Waals surface area contributed by atoms with Crippen molar-refractivity contribution < 1.29 is 13.9 Å². The number of furan rings is 1. The van der Waals surface area contributed by atoms with Gasteiger partial charge in [-0.15, -0.1) is 0 Å². The topological polar surface area (TPSA) is 39.4 Å². The number of rotatable bonds is 3. The average Bonchev–Trinajstić information content (AvgIpc) is 2.94. The van der Waals surface area contributed by atoms with Crippen LogP contribution in [-0.2, 0) is 4.74 Å². The maximum absolute atomic E-state index is 11.5. The van der Waals surface area contributed by atoms with Crippen molar-refractivity contribution in [2.75, 3.05) is 6.61 Å². The first kappa shape index (κ1) is 17.1. The van der Waals surface area contributed by atoms with Gasteiger partial charge in [0.2, 0.25) is 5.76 Å². The molecule has 23 heavy (non-hydrogen) atoms. The Morgan fingerprint density at radius 3 is 2.91 bits per heavy atom. The Bertz CT molecular complexity index is 690. The Morgan fingerprint density at radius 1 is 1.43 bits per heavy atom. The van der Waals surface area contributed by atoms with Gasteiger partial charge in [-0.1, -0.05) is 31.4 Å². The van der Waals surface area contributed by atoms with Crippen LogP contribution in [0.5, 0.6) is 0 Å². The highest BCUT2D eigenvalue weighted by molar-refractivity contribution is 5.86. The normalized spacial score (nSPS) is 17.0. The number of carbonyl (C=O) groups is 1. The summed E-state index contributed by atoms with van der Waals surface area (Å²) < 4.78 is 10.2. The zero-order chi connectivity index (χ0) is 16.9. The Balaban J connectivity index is 2.07. The van der Waals surface area contributed by atoms with Gasteiger partial charge in [-0.3, -0.25) is 0 Å². The first-order valence-electron chi connectivity index (χ1n) is 8.09. The van der Waals surface area contributed by atoms with Gasteiger partial charge in [0.15, 0.2) is 5.76 Å². The van der Waals surface area contributed by atoms with Crippen molar-refractivity contribution in [3.05, 3.63) is 47.0 Å². The van der Waals surface area contributed by atoms with Gasteiger partial charge in [0.25, 0.3) is 0 Å². The monoisotopic (exact) mass is 312 g/mol. The van der Waals surface area contributed by atoms with E-state index < -0.39 is 5.97 Å². The number of hydrogen-bond donors (Lipinski definition) is 0. The van der Waals surface area contributed by atoms with Gasteiger partial charge in [0, 0.05) is 0 Å². The van der Waals surface area contributed by atoms with Crippen LogP contribution in [0.4, 0.5) is 0 Å². The molecule has 1 aromatic rings. The van der Waals surface area contributed by atoms with E-state index in [1.807, 2.05) is 6.08 Å². The summed E-state index contributed by atoms with van der Waals surface area (Å²) in [6.07, 6.45) is 7.59. The number of hydrogen-bond acceptors (Lipinski definition) is 3. The van der Waals surface area contributed by atoms with Crippen molar-refractivity contribution in [1.82, 2.24) is 0 Å². The van der Waals surface area contributed by atoms with Gasteiger partial charge in [-0.05, 0) is 68.2 Å². The number of carbonyl (C=O) groups excluding carboxylic acids is 1. The lowest BCUT2D eigenvalue weighted by Crippen LogP contribution is -2.18. The number of ether oxygens (including phenoxy) is 1. The van der Waals surface area contributed by atoms with E-state index in [0.29, 0.717) is 12.4 Å². The molecule has 0 radical (unpaired) electrons. The third kappa shape index (κ3) is 4.39. The molecule has 0 aromatic carbocycles. The SMILES string of the molecule is CCOC(=O)c1ccc(C#CC=CC2=C(C)CCCC2(C)C)o1. The molecule has 1 aliphatic rings. The first-order valence-corrected chi connectivity index (χ1v) is 8.09. The molecule has 122 valence electrons. The van der Waals surface area contributed by atoms with Gasteiger partial charge in [-0.2, -0.15) is 0 Å². The molecule has 3 heteroatoms. The molecule has 0 bridgehead atoms. The van der Waals surface area contributed by atoms with Gasteiger partial charge in [-0.25, -0.2) is 4.79 Å². The van der Waals surface area contributed by atoms with Gasteiger partial charge < -0.3 is 9.15 Å². The fourth-order valence-electron chi connectivity index (χ4n) is 2.97. The van der Waals surface area contributed by atoms with Gasteiger partial charge in [0.05, 0.1) is 6.61 Å². The van der Waals surface area contributed by atoms with Crippen molar-refractivity contribution in [3.63, 3.8) is 0 Å². The average molecular weight is 312 g/mol. The van der Waals surface area contributed by atoms with Crippen LogP contribution in [0.3, 0.4) is 0 Å². The maximum atomic E-state index is 11.5. The lowest BCUT2D eigenvalue weighted by molar-refractivity contribution is 0.0489. The van der Waals surface area contributed by atoms with Crippen molar-refractivity contribution in [2.24, 2.45) is 5.41 Å².